The van der Waals surface area contributed by atoms with Crippen LogP contribution in [0.1, 0.15) is 31.4 Å². The van der Waals surface area contributed by atoms with Crippen LogP contribution in [0.2, 0.25) is 0 Å². The third-order valence-corrected chi connectivity index (χ3v) is 4.53. The second-order valence-corrected chi connectivity index (χ2v) is 5.97. The van der Waals surface area contributed by atoms with Gasteiger partial charge in [0.1, 0.15) is 0 Å². The molecule has 4 heteroatoms. The van der Waals surface area contributed by atoms with Crippen molar-refractivity contribution in [3.63, 3.8) is 0 Å². The van der Waals surface area contributed by atoms with Gasteiger partial charge in [-0.2, -0.15) is 0 Å². The van der Waals surface area contributed by atoms with Gasteiger partial charge in [0.2, 0.25) is 0 Å². The van der Waals surface area contributed by atoms with Gasteiger partial charge in [0.25, 0.3) is 0 Å². The van der Waals surface area contributed by atoms with E-state index >= 15 is 0 Å². The maximum absolute atomic E-state index is 4.08. The Labute approximate surface area is 126 Å². The zero-order chi connectivity index (χ0) is 14.7. The first-order valence-corrected chi connectivity index (χ1v) is 7.76. The maximum Gasteiger partial charge on any atom is 0.0991 e. The molecular weight excluding hydrogens is 260 g/mol. The van der Waals surface area contributed by atoms with E-state index in [0.717, 1.165) is 12.2 Å². The summed E-state index contributed by atoms with van der Waals surface area (Å²) in [5.74, 6) is 0. The van der Waals surface area contributed by atoms with Crippen LogP contribution in [0.3, 0.4) is 0 Å². The molecule has 0 radical (unpaired) electrons. The molecule has 0 amide bonds. The van der Waals surface area contributed by atoms with Crippen LogP contribution in [0.25, 0.3) is 5.69 Å². The molecule has 1 saturated heterocycles. The topological polar surface area (TPSA) is 33.1 Å². The highest BCUT2D eigenvalue weighted by Crippen LogP contribution is 2.18. The summed E-state index contributed by atoms with van der Waals surface area (Å²) < 4.78 is 2.02. The fraction of sp³-hybridized carbons (Fsp3) is 0.471. The molecule has 112 valence electrons. The first-order chi connectivity index (χ1) is 10.2. The molecule has 2 heterocycles. The summed E-state index contributed by atoms with van der Waals surface area (Å²) in [5.41, 5.74) is 2.48. The van der Waals surface area contributed by atoms with E-state index in [-0.39, 0.29) is 0 Å². The van der Waals surface area contributed by atoms with Crippen LogP contribution < -0.4 is 5.32 Å². The van der Waals surface area contributed by atoms with Gasteiger partial charge >= 0.3 is 0 Å². The Bertz CT molecular complexity index is 547. The number of hydrogen-bond acceptors (Lipinski definition) is 3. The minimum absolute atomic E-state index is 0.385. The SMILES string of the molecule is CC(NCC1CCCN1C)c1ccc(-n2ccnc2)cc1. The lowest BCUT2D eigenvalue weighted by atomic mass is 10.1. The van der Waals surface area contributed by atoms with Crippen LogP contribution in [0, 0.1) is 0 Å². The molecule has 1 aliphatic heterocycles. The van der Waals surface area contributed by atoms with E-state index < -0.39 is 0 Å². The Hall–Kier alpha value is -1.65. The Morgan fingerprint density at radius 2 is 2.14 bits per heavy atom. The molecule has 1 aliphatic rings. The molecule has 0 bridgehead atoms. The van der Waals surface area contributed by atoms with Gasteiger partial charge in [-0.15, -0.1) is 0 Å². The molecule has 2 aromatic rings. The zero-order valence-electron chi connectivity index (χ0n) is 12.9. The van der Waals surface area contributed by atoms with Gasteiger partial charge in [-0.25, -0.2) is 4.98 Å². The predicted octanol–water partition coefficient (Wildman–Crippen LogP) is 2.62. The van der Waals surface area contributed by atoms with Crippen LogP contribution in [0.15, 0.2) is 43.0 Å². The molecule has 4 nitrogen and oxygen atoms in total. The fourth-order valence-electron chi connectivity index (χ4n) is 3.01. The number of likely N-dealkylation sites (N-methyl/N-ethyl adjacent to an activating group) is 1. The molecule has 0 aliphatic carbocycles. The molecule has 3 rings (SSSR count). The van der Waals surface area contributed by atoms with Crippen LogP contribution in [0.5, 0.6) is 0 Å². The number of nitrogens with one attached hydrogen (secondary N) is 1. The number of rotatable bonds is 5. The molecule has 21 heavy (non-hydrogen) atoms. The molecule has 1 N–H and O–H groups in total. The Balaban J connectivity index is 1.58. The van der Waals surface area contributed by atoms with Gasteiger partial charge < -0.3 is 14.8 Å². The Kier molecular flexibility index (Phi) is 4.36. The Morgan fingerprint density at radius 3 is 2.76 bits per heavy atom. The predicted molar refractivity (Wildman–Crippen MR) is 85.6 cm³/mol. The first-order valence-electron chi connectivity index (χ1n) is 7.76. The van der Waals surface area contributed by atoms with E-state index in [2.05, 4.69) is 53.4 Å². The summed E-state index contributed by atoms with van der Waals surface area (Å²) in [6.07, 6.45) is 8.24. The number of hydrogen-bond donors (Lipinski definition) is 1. The monoisotopic (exact) mass is 284 g/mol. The third-order valence-electron chi connectivity index (χ3n) is 4.53. The second kappa shape index (κ2) is 6.41. The van der Waals surface area contributed by atoms with Crippen molar-refractivity contribution in [1.82, 2.24) is 19.8 Å². The van der Waals surface area contributed by atoms with Gasteiger partial charge in [-0.1, -0.05) is 12.1 Å². The van der Waals surface area contributed by atoms with E-state index in [1.165, 1.54) is 24.9 Å². The summed E-state index contributed by atoms with van der Waals surface area (Å²) in [5, 5.41) is 3.66. The lowest BCUT2D eigenvalue weighted by Gasteiger charge is -2.23. The summed E-state index contributed by atoms with van der Waals surface area (Å²) >= 11 is 0. The zero-order valence-corrected chi connectivity index (χ0v) is 12.9. The summed E-state index contributed by atoms with van der Waals surface area (Å²) in [6.45, 7) is 4.54. The van der Waals surface area contributed by atoms with Gasteiger partial charge in [-0.05, 0) is 51.1 Å². The lowest BCUT2D eigenvalue weighted by molar-refractivity contribution is 0.293. The first kappa shape index (κ1) is 14.3. The highest BCUT2D eigenvalue weighted by molar-refractivity contribution is 5.35. The minimum Gasteiger partial charge on any atom is -0.309 e. The highest BCUT2D eigenvalue weighted by Gasteiger charge is 2.20. The molecule has 0 spiro atoms. The number of benzene rings is 1. The van der Waals surface area contributed by atoms with Crippen molar-refractivity contribution in [2.24, 2.45) is 0 Å². The van der Waals surface area contributed by atoms with Gasteiger partial charge in [0, 0.05) is 36.7 Å². The van der Waals surface area contributed by atoms with Crippen molar-refractivity contribution < 1.29 is 0 Å². The molecule has 1 aromatic heterocycles. The van der Waals surface area contributed by atoms with E-state index in [1.54, 1.807) is 6.20 Å². The average molecular weight is 284 g/mol. The molecule has 2 atom stereocenters. The minimum atomic E-state index is 0.385. The second-order valence-electron chi connectivity index (χ2n) is 5.97. The smallest absolute Gasteiger partial charge is 0.0991 e. The highest BCUT2D eigenvalue weighted by atomic mass is 15.2. The molecular formula is C17H24N4. The fourth-order valence-corrected chi connectivity index (χ4v) is 3.01. The number of nitrogens with zero attached hydrogens (tertiary/aromatic N) is 3. The van der Waals surface area contributed by atoms with Crippen molar-refractivity contribution in [3.8, 4) is 5.69 Å². The standard InChI is InChI=1S/C17H24N4/c1-14(19-12-17-4-3-10-20(17)2)15-5-7-16(8-6-15)21-11-9-18-13-21/h5-9,11,13-14,17,19H,3-4,10,12H2,1-2H3. The number of aromatic nitrogens is 2. The van der Waals surface area contributed by atoms with Gasteiger partial charge in [0.15, 0.2) is 0 Å². The summed E-state index contributed by atoms with van der Waals surface area (Å²) in [7, 11) is 2.23. The van der Waals surface area contributed by atoms with Crippen molar-refractivity contribution in [2.45, 2.75) is 31.8 Å². The van der Waals surface area contributed by atoms with Crippen molar-refractivity contribution >= 4 is 0 Å². The normalized spacial score (nSPS) is 20.8. The van der Waals surface area contributed by atoms with Crippen LogP contribution in [-0.2, 0) is 0 Å². The van der Waals surface area contributed by atoms with Crippen LogP contribution in [0.4, 0.5) is 0 Å². The van der Waals surface area contributed by atoms with Gasteiger partial charge in [0.05, 0.1) is 6.33 Å². The van der Waals surface area contributed by atoms with E-state index in [1.807, 2.05) is 17.1 Å². The lowest BCUT2D eigenvalue weighted by Crippen LogP contribution is -2.36. The number of likely N-dealkylation sites (tertiary alicyclic amines) is 1. The van der Waals surface area contributed by atoms with Crippen molar-refractivity contribution in [3.05, 3.63) is 48.5 Å². The third kappa shape index (κ3) is 3.34. The summed E-state index contributed by atoms with van der Waals surface area (Å²) in [4.78, 5) is 6.54. The van der Waals surface area contributed by atoms with Crippen LogP contribution >= 0.6 is 0 Å². The maximum atomic E-state index is 4.08. The quantitative estimate of drug-likeness (QED) is 0.916. The largest absolute Gasteiger partial charge is 0.309 e. The average Bonchev–Trinajstić information content (AvgIpc) is 3.17. The van der Waals surface area contributed by atoms with Gasteiger partial charge in [-0.3, -0.25) is 0 Å². The van der Waals surface area contributed by atoms with E-state index in [9.17, 15) is 0 Å². The molecule has 0 saturated carbocycles. The summed E-state index contributed by atoms with van der Waals surface area (Å²) in [6, 6.07) is 9.78. The molecule has 1 fully saturated rings. The Morgan fingerprint density at radius 1 is 1.33 bits per heavy atom. The van der Waals surface area contributed by atoms with E-state index in [0.29, 0.717) is 12.1 Å². The van der Waals surface area contributed by atoms with Crippen molar-refractivity contribution in [2.75, 3.05) is 20.1 Å². The van der Waals surface area contributed by atoms with E-state index in [4.69, 9.17) is 0 Å². The molecule has 2 unspecified atom stereocenters. The van der Waals surface area contributed by atoms with Crippen molar-refractivity contribution in [1.29, 1.82) is 0 Å². The van der Waals surface area contributed by atoms with Crippen LogP contribution in [-0.4, -0.2) is 40.6 Å². The number of imidazole rings is 1. The molecule has 1 aromatic carbocycles.